The summed E-state index contributed by atoms with van der Waals surface area (Å²) < 4.78 is 0. The van der Waals surface area contributed by atoms with Crippen molar-refractivity contribution in [3.05, 3.63) is 63.9 Å². The Morgan fingerprint density at radius 1 is 1.11 bits per heavy atom. The summed E-state index contributed by atoms with van der Waals surface area (Å²) in [6.07, 6.45) is 4.24. The lowest BCUT2D eigenvalue weighted by atomic mass is 10.0. The first kappa shape index (κ1) is 25.0. The predicted octanol–water partition coefficient (Wildman–Crippen LogP) is 4.05. The van der Waals surface area contributed by atoms with Gasteiger partial charge in [0.05, 0.1) is 10.0 Å². The van der Waals surface area contributed by atoms with E-state index in [-0.39, 0.29) is 30.7 Å². The minimum atomic E-state index is -0.964. The summed E-state index contributed by atoms with van der Waals surface area (Å²) in [6, 6.07) is 8.01. The third kappa shape index (κ3) is 6.21. The molecule has 2 N–H and O–H groups in total. The lowest BCUT2D eigenvalue weighted by Crippen LogP contribution is -2.48. The molecule has 2 atom stereocenters. The molecule has 9 heteroatoms. The van der Waals surface area contributed by atoms with Crippen molar-refractivity contribution in [3.63, 3.8) is 0 Å². The molecule has 2 heterocycles. The fourth-order valence-corrected chi connectivity index (χ4v) is 3.42. The standard InChI is InChI=1S/C19H21Cl2N3O2.2ClH/c20-15-4-3-13(11-16(15)21)12-23-17(19(26)24-9-1-2-10-24)18(25)14-5-7-22-8-6-14;;/h3-8,11,17-18,23,25H,1-2,9-10,12H2;2*1H. The molecular weight excluding hydrogens is 444 g/mol. The van der Waals surface area contributed by atoms with E-state index in [1.165, 1.54) is 0 Å². The zero-order valence-corrected chi connectivity index (χ0v) is 18.2. The minimum absolute atomic E-state index is 0. The number of hydrogen-bond donors (Lipinski definition) is 2. The molecule has 2 unspecified atom stereocenters. The second kappa shape index (κ2) is 11.8. The Bertz CT molecular complexity index is 758. The molecule has 3 rings (SSSR count). The molecule has 1 amide bonds. The molecule has 28 heavy (non-hydrogen) atoms. The number of hydrogen-bond acceptors (Lipinski definition) is 4. The second-order valence-corrected chi connectivity index (χ2v) is 7.18. The molecule has 0 aliphatic carbocycles. The first-order chi connectivity index (χ1) is 12.6. The summed E-state index contributed by atoms with van der Waals surface area (Å²) in [4.78, 5) is 18.7. The van der Waals surface area contributed by atoms with Crippen molar-refractivity contribution in [2.45, 2.75) is 31.5 Å². The number of carbonyl (C=O) groups excluding carboxylic acids is 1. The number of rotatable bonds is 6. The Kier molecular flexibility index (Phi) is 10.5. The van der Waals surface area contributed by atoms with Gasteiger partial charge < -0.3 is 10.0 Å². The molecule has 1 saturated heterocycles. The first-order valence-corrected chi connectivity index (χ1v) is 9.36. The minimum Gasteiger partial charge on any atom is -0.386 e. The highest BCUT2D eigenvalue weighted by Gasteiger charge is 2.32. The Hall–Kier alpha value is -1.08. The Labute approximate surface area is 187 Å². The van der Waals surface area contributed by atoms with Crippen molar-refractivity contribution in [1.29, 1.82) is 0 Å². The fourth-order valence-electron chi connectivity index (χ4n) is 3.10. The summed E-state index contributed by atoms with van der Waals surface area (Å²) in [6.45, 7) is 1.85. The Balaban J connectivity index is 0.00000196. The summed E-state index contributed by atoms with van der Waals surface area (Å²) in [7, 11) is 0. The van der Waals surface area contributed by atoms with Gasteiger partial charge in [0.1, 0.15) is 12.1 Å². The number of pyridine rings is 1. The van der Waals surface area contributed by atoms with E-state index < -0.39 is 12.1 Å². The van der Waals surface area contributed by atoms with Gasteiger partial charge in [-0.25, -0.2) is 0 Å². The van der Waals surface area contributed by atoms with Crippen molar-refractivity contribution in [2.75, 3.05) is 13.1 Å². The highest BCUT2D eigenvalue weighted by atomic mass is 35.5. The van der Waals surface area contributed by atoms with E-state index in [9.17, 15) is 9.90 Å². The van der Waals surface area contributed by atoms with Gasteiger partial charge in [-0.3, -0.25) is 15.1 Å². The summed E-state index contributed by atoms with van der Waals surface area (Å²) in [5.41, 5.74) is 1.54. The zero-order chi connectivity index (χ0) is 18.5. The number of amides is 1. The number of aromatic nitrogens is 1. The van der Waals surface area contributed by atoms with E-state index in [1.807, 2.05) is 6.07 Å². The van der Waals surface area contributed by atoms with Crippen LogP contribution in [0.5, 0.6) is 0 Å². The van der Waals surface area contributed by atoms with Gasteiger partial charge in [0, 0.05) is 32.0 Å². The van der Waals surface area contributed by atoms with Gasteiger partial charge in [0.2, 0.25) is 5.91 Å². The van der Waals surface area contributed by atoms with Crippen LogP contribution in [0.3, 0.4) is 0 Å². The van der Waals surface area contributed by atoms with Crippen LogP contribution in [0.15, 0.2) is 42.7 Å². The van der Waals surface area contributed by atoms with Crippen molar-refractivity contribution in [3.8, 4) is 0 Å². The topological polar surface area (TPSA) is 65.5 Å². The third-order valence-corrected chi connectivity index (χ3v) is 5.30. The van der Waals surface area contributed by atoms with Gasteiger partial charge in [-0.15, -0.1) is 24.8 Å². The highest BCUT2D eigenvalue weighted by Crippen LogP contribution is 2.24. The largest absolute Gasteiger partial charge is 0.386 e. The van der Waals surface area contributed by atoms with Crippen LogP contribution in [-0.4, -0.2) is 40.0 Å². The molecule has 1 fully saturated rings. The van der Waals surface area contributed by atoms with Gasteiger partial charge in [-0.2, -0.15) is 0 Å². The molecule has 1 aliphatic rings. The number of likely N-dealkylation sites (tertiary alicyclic amines) is 1. The van der Waals surface area contributed by atoms with Gasteiger partial charge in [0.25, 0.3) is 0 Å². The Morgan fingerprint density at radius 2 is 1.75 bits per heavy atom. The maximum absolute atomic E-state index is 12.9. The van der Waals surface area contributed by atoms with E-state index >= 15 is 0 Å². The van der Waals surface area contributed by atoms with Crippen LogP contribution in [0.1, 0.15) is 30.1 Å². The van der Waals surface area contributed by atoms with E-state index in [2.05, 4.69) is 10.3 Å². The average molecular weight is 467 g/mol. The lowest BCUT2D eigenvalue weighted by Gasteiger charge is -2.28. The molecule has 1 aromatic heterocycles. The van der Waals surface area contributed by atoms with Crippen LogP contribution in [0, 0.1) is 0 Å². The van der Waals surface area contributed by atoms with Crippen LogP contribution in [0.2, 0.25) is 10.0 Å². The maximum atomic E-state index is 12.9. The molecule has 1 aliphatic heterocycles. The molecule has 1 aromatic carbocycles. The first-order valence-electron chi connectivity index (χ1n) is 8.60. The molecule has 0 bridgehead atoms. The van der Waals surface area contributed by atoms with Crippen molar-refractivity contribution >= 4 is 53.9 Å². The summed E-state index contributed by atoms with van der Waals surface area (Å²) in [5, 5.41) is 14.9. The molecular formula is C19H23Cl4N3O2. The van der Waals surface area contributed by atoms with E-state index in [0.29, 0.717) is 22.2 Å². The zero-order valence-electron chi connectivity index (χ0n) is 15.1. The summed E-state index contributed by atoms with van der Waals surface area (Å²) in [5.74, 6) is -0.0909. The third-order valence-electron chi connectivity index (χ3n) is 4.56. The molecule has 0 radical (unpaired) electrons. The number of aliphatic hydroxyl groups excluding tert-OH is 1. The highest BCUT2D eigenvalue weighted by molar-refractivity contribution is 6.42. The lowest BCUT2D eigenvalue weighted by molar-refractivity contribution is -0.135. The monoisotopic (exact) mass is 465 g/mol. The van der Waals surface area contributed by atoms with Gasteiger partial charge >= 0.3 is 0 Å². The number of nitrogens with one attached hydrogen (secondary N) is 1. The molecule has 0 spiro atoms. The maximum Gasteiger partial charge on any atom is 0.242 e. The number of aliphatic hydroxyl groups is 1. The Morgan fingerprint density at radius 3 is 2.36 bits per heavy atom. The SMILES string of the molecule is Cl.Cl.O=C(C(NCc1ccc(Cl)c(Cl)c1)C(O)c1ccncc1)N1CCCC1. The summed E-state index contributed by atoms with van der Waals surface area (Å²) >= 11 is 12.0. The average Bonchev–Trinajstić information content (AvgIpc) is 3.20. The molecule has 0 saturated carbocycles. The van der Waals surface area contributed by atoms with Gasteiger partial charge in [-0.05, 0) is 48.2 Å². The number of carbonyl (C=O) groups is 1. The van der Waals surface area contributed by atoms with E-state index in [1.54, 1.807) is 41.6 Å². The quantitative estimate of drug-likeness (QED) is 0.673. The van der Waals surface area contributed by atoms with Crippen LogP contribution in [-0.2, 0) is 11.3 Å². The normalized spacial score (nSPS) is 15.3. The molecule has 2 aromatic rings. The van der Waals surface area contributed by atoms with E-state index in [4.69, 9.17) is 23.2 Å². The number of benzene rings is 1. The van der Waals surface area contributed by atoms with Crippen molar-refractivity contribution < 1.29 is 9.90 Å². The van der Waals surface area contributed by atoms with Crippen LogP contribution >= 0.6 is 48.0 Å². The van der Waals surface area contributed by atoms with Crippen molar-refractivity contribution in [1.82, 2.24) is 15.2 Å². The van der Waals surface area contributed by atoms with Gasteiger partial charge in [0.15, 0.2) is 0 Å². The van der Waals surface area contributed by atoms with Gasteiger partial charge in [-0.1, -0.05) is 29.3 Å². The van der Waals surface area contributed by atoms with Crippen LogP contribution in [0.4, 0.5) is 0 Å². The molecule has 5 nitrogen and oxygen atoms in total. The smallest absolute Gasteiger partial charge is 0.242 e. The van der Waals surface area contributed by atoms with Crippen LogP contribution < -0.4 is 5.32 Å². The van der Waals surface area contributed by atoms with Crippen LogP contribution in [0.25, 0.3) is 0 Å². The number of halogens is 4. The fraction of sp³-hybridized carbons (Fsp3) is 0.368. The predicted molar refractivity (Wildman–Crippen MR) is 117 cm³/mol. The van der Waals surface area contributed by atoms with Crippen molar-refractivity contribution in [2.24, 2.45) is 0 Å². The number of nitrogens with zero attached hydrogens (tertiary/aromatic N) is 2. The second-order valence-electron chi connectivity index (χ2n) is 6.36. The van der Waals surface area contributed by atoms with E-state index in [0.717, 1.165) is 31.5 Å². The molecule has 154 valence electrons.